The third-order valence-electron chi connectivity index (χ3n) is 0.788. The summed E-state index contributed by atoms with van der Waals surface area (Å²) in [5, 5.41) is 0. The molecule has 0 aromatic heterocycles. The average molecular weight is 109 g/mol. The van der Waals surface area contributed by atoms with Crippen molar-refractivity contribution in [3.05, 3.63) is 0 Å². The Kier molecular flexibility index (Phi) is 3.70. The molecule has 0 spiro atoms. The van der Waals surface area contributed by atoms with E-state index in [1.54, 1.807) is 0 Å². The van der Waals surface area contributed by atoms with Crippen molar-refractivity contribution in [2.24, 2.45) is 0 Å². The quantitative estimate of drug-likeness (QED) is 0.322. The van der Waals surface area contributed by atoms with Gasteiger partial charge in [0.05, 0.1) is 6.61 Å². The minimum absolute atomic E-state index is 0. The molecule has 35 valence electrons. The summed E-state index contributed by atoms with van der Waals surface area (Å²) in [5.74, 6) is -0.0463. The predicted octanol–water partition coefficient (Wildman–Crippen LogP) is -0.0574. The molecule has 0 bridgehead atoms. The van der Waals surface area contributed by atoms with E-state index < -0.39 is 0 Å². The Balaban J connectivity index is 0.000000360. The van der Waals surface area contributed by atoms with Crippen molar-refractivity contribution in [1.29, 1.82) is 0 Å². The Bertz CT molecular complexity index is 64.1. The van der Waals surface area contributed by atoms with E-state index in [-0.39, 0.29) is 35.5 Å². The van der Waals surface area contributed by atoms with Crippen molar-refractivity contribution >= 4 is 35.5 Å². The van der Waals surface area contributed by atoms with Crippen LogP contribution >= 0.6 is 0 Å². The van der Waals surface area contributed by atoms with E-state index >= 15 is 0 Å². The molecule has 0 saturated carbocycles. The average Bonchev–Trinajstić information content (AvgIpc) is 1.86. The van der Waals surface area contributed by atoms with Gasteiger partial charge in [-0.05, 0) is 6.42 Å². The number of hydrogen-bond acceptors (Lipinski definition) is 2. The minimum Gasteiger partial charge on any atom is -0.466 e. The molecule has 2 nitrogen and oxygen atoms in total. The van der Waals surface area contributed by atoms with E-state index in [9.17, 15) is 4.79 Å². The van der Waals surface area contributed by atoms with Crippen LogP contribution in [-0.2, 0) is 9.53 Å². The first-order valence-electron chi connectivity index (χ1n) is 2.05. The van der Waals surface area contributed by atoms with E-state index in [0.717, 1.165) is 6.42 Å². The number of carbonyl (C=O) groups is 1. The maximum Gasteiger partial charge on any atom is 0.305 e. The second-order valence-corrected chi connectivity index (χ2v) is 1.32. The SMILES string of the molecule is O=C1CCCO1.[Na]. The van der Waals surface area contributed by atoms with E-state index in [4.69, 9.17) is 0 Å². The van der Waals surface area contributed by atoms with Crippen LogP contribution in [0.2, 0.25) is 0 Å². The molecule has 1 heterocycles. The molecule has 1 radical (unpaired) electrons. The molecule has 0 aromatic rings. The molecule has 3 heteroatoms. The topological polar surface area (TPSA) is 26.3 Å². The molecule has 1 aliphatic heterocycles. The monoisotopic (exact) mass is 109 g/mol. The van der Waals surface area contributed by atoms with Crippen LogP contribution in [0, 0.1) is 0 Å². The molecular formula is C4H6NaO2. The Hall–Kier alpha value is 0.470. The summed E-state index contributed by atoms with van der Waals surface area (Å²) >= 11 is 0. The third-order valence-corrected chi connectivity index (χ3v) is 0.788. The molecule has 1 fully saturated rings. The van der Waals surface area contributed by atoms with Crippen LogP contribution in [-0.4, -0.2) is 42.1 Å². The summed E-state index contributed by atoms with van der Waals surface area (Å²) in [6.07, 6.45) is 1.54. The standard InChI is InChI=1S/C4H6O2.Na/c5-4-2-1-3-6-4;/h1-3H2;. The van der Waals surface area contributed by atoms with Crippen LogP contribution in [0.25, 0.3) is 0 Å². The van der Waals surface area contributed by atoms with E-state index in [0.29, 0.717) is 13.0 Å². The maximum atomic E-state index is 10.0. The Morgan fingerprint density at radius 1 is 1.57 bits per heavy atom. The molecule has 0 unspecified atom stereocenters. The first-order valence-corrected chi connectivity index (χ1v) is 2.05. The maximum absolute atomic E-state index is 10.0. The molecule has 7 heavy (non-hydrogen) atoms. The summed E-state index contributed by atoms with van der Waals surface area (Å²) in [5.41, 5.74) is 0. The van der Waals surface area contributed by atoms with Gasteiger partial charge in [0.2, 0.25) is 0 Å². The van der Waals surface area contributed by atoms with Gasteiger partial charge in [-0.25, -0.2) is 0 Å². The van der Waals surface area contributed by atoms with Crippen LogP contribution < -0.4 is 0 Å². The van der Waals surface area contributed by atoms with Gasteiger partial charge in [-0.3, -0.25) is 4.79 Å². The Labute approximate surface area is 64.5 Å². The smallest absolute Gasteiger partial charge is 0.305 e. The van der Waals surface area contributed by atoms with Crippen LogP contribution in [0.5, 0.6) is 0 Å². The van der Waals surface area contributed by atoms with Crippen molar-refractivity contribution < 1.29 is 9.53 Å². The second-order valence-electron chi connectivity index (χ2n) is 1.32. The fourth-order valence-corrected chi connectivity index (χ4v) is 0.475. The molecule has 1 rings (SSSR count). The van der Waals surface area contributed by atoms with Gasteiger partial charge in [0.1, 0.15) is 0 Å². The van der Waals surface area contributed by atoms with E-state index in [1.165, 1.54) is 0 Å². The number of ether oxygens (including phenoxy) is 1. The van der Waals surface area contributed by atoms with Crippen molar-refractivity contribution in [3.63, 3.8) is 0 Å². The fourth-order valence-electron chi connectivity index (χ4n) is 0.475. The third kappa shape index (κ3) is 2.32. The summed E-state index contributed by atoms with van der Waals surface area (Å²) < 4.78 is 4.51. The first kappa shape index (κ1) is 7.47. The summed E-state index contributed by atoms with van der Waals surface area (Å²) in [6.45, 7) is 0.638. The summed E-state index contributed by atoms with van der Waals surface area (Å²) in [4.78, 5) is 10.0. The first-order chi connectivity index (χ1) is 2.89. The van der Waals surface area contributed by atoms with E-state index in [1.807, 2.05) is 0 Å². The summed E-state index contributed by atoms with van der Waals surface area (Å²) in [6, 6.07) is 0. The van der Waals surface area contributed by atoms with Gasteiger partial charge in [0.15, 0.2) is 0 Å². The summed E-state index contributed by atoms with van der Waals surface area (Å²) in [7, 11) is 0. The number of rotatable bonds is 0. The van der Waals surface area contributed by atoms with Crippen molar-refractivity contribution in [1.82, 2.24) is 0 Å². The van der Waals surface area contributed by atoms with Crippen molar-refractivity contribution in [2.75, 3.05) is 6.61 Å². The van der Waals surface area contributed by atoms with Gasteiger partial charge in [-0.15, -0.1) is 0 Å². The van der Waals surface area contributed by atoms with Gasteiger partial charge >= 0.3 is 5.97 Å². The second kappa shape index (κ2) is 3.47. The van der Waals surface area contributed by atoms with Crippen LogP contribution in [0.3, 0.4) is 0 Å². The van der Waals surface area contributed by atoms with Gasteiger partial charge in [0, 0.05) is 36.0 Å². The van der Waals surface area contributed by atoms with Crippen molar-refractivity contribution in [3.8, 4) is 0 Å². The zero-order chi connectivity index (χ0) is 4.41. The zero-order valence-electron chi connectivity index (χ0n) is 4.44. The van der Waals surface area contributed by atoms with Gasteiger partial charge in [-0.2, -0.15) is 0 Å². The molecule has 1 saturated heterocycles. The van der Waals surface area contributed by atoms with Gasteiger partial charge in [-0.1, -0.05) is 0 Å². The largest absolute Gasteiger partial charge is 0.466 e. The van der Waals surface area contributed by atoms with Crippen LogP contribution in [0.4, 0.5) is 0 Å². The fraction of sp³-hybridized carbons (Fsp3) is 0.750. The molecule has 0 aromatic carbocycles. The molecule has 0 amide bonds. The molecule has 0 atom stereocenters. The predicted molar refractivity (Wildman–Crippen MR) is 25.9 cm³/mol. The van der Waals surface area contributed by atoms with Gasteiger partial charge < -0.3 is 4.74 Å². The number of cyclic esters (lactones) is 1. The molecular weight excluding hydrogens is 103 g/mol. The van der Waals surface area contributed by atoms with E-state index in [2.05, 4.69) is 4.74 Å². The van der Waals surface area contributed by atoms with Crippen LogP contribution in [0.15, 0.2) is 0 Å². The number of hydrogen-bond donors (Lipinski definition) is 0. The van der Waals surface area contributed by atoms with Crippen LogP contribution in [0.1, 0.15) is 12.8 Å². The molecule has 0 aliphatic carbocycles. The number of carbonyl (C=O) groups excluding carboxylic acids is 1. The molecule has 1 aliphatic rings. The van der Waals surface area contributed by atoms with Crippen molar-refractivity contribution in [2.45, 2.75) is 12.8 Å². The number of esters is 1. The minimum atomic E-state index is -0.0463. The molecule has 0 N–H and O–H groups in total. The zero-order valence-corrected chi connectivity index (χ0v) is 6.44. The van der Waals surface area contributed by atoms with Gasteiger partial charge in [0.25, 0.3) is 0 Å². The Morgan fingerprint density at radius 3 is 2.43 bits per heavy atom. The normalized spacial score (nSPS) is 18.0. The Morgan fingerprint density at radius 2 is 2.29 bits per heavy atom.